The first-order valence-electron chi connectivity index (χ1n) is 38.3. The smallest absolute Gasteiger partial charge is 0.391 e. The van der Waals surface area contributed by atoms with Crippen molar-refractivity contribution in [1.82, 2.24) is 5.32 Å². The van der Waals surface area contributed by atoms with Gasteiger partial charge in [0.05, 0.1) is 39.9 Å². The van der Waals surface area contributed by atoms with Gasteiger partial charge in [0.1, 0.15) is 13.2 Å². The van der Waals surface area contributed by atoms with Crippen LogP contribution in [0.3, 0.4) is 0 Å². The van der Waals surface area contributed by atoms with E-state index in [0.29, 0.717) is 23.9 Å². The molecular formula is C79H150N2O6P+. The van der Waals surface area contributed by atoms with Crippen LogP contribution in [0, 0.1) is 0 Å². The maximum absolute atomic E-state index is 13.1. The molecule has 0 aromatic heterocycles. The quantitative estimate of drug-likeness (QED) is 0.0243. The highest BCUT2D eigenvalue weighted by Crippen LogP contribution is 2.43. The summed E-state index contributed by atoms with van der Waals surface area (Å²) in [5.74, 6) is -0.139. The van der Waals surface area contributed by atoms with Gasteiger partial charge in [0, 0.05) is 6.42 Å². The minimum absolute atomic E-state index is 0.0750. The van der Waals surface area contributed by atoms with Gasteiger partial charge in [0.2, 0.25) is 5.91 Å². The Bertz CT molecular complexity index is 1670. The van der Waals surface area contributed by atoms with Gasteiger partial charge in [-0.2, -0.15) is 0 Å². The zero-order chi connectivity index (χ0) is 64.1. The van der Waals surface area contributed by atoms with Gasteiger partial charge in [0.15, 0.2) is 0 Å². The molecule has 1 amide bonds. The van der Waals surface area contributed by atoms with Crippen molar-refractivity contribution >= 4 is 13.7 Å². The van der Waals surface area contributed by atoms with Crippen LogP contribution in [0.1, 0.15) is 373 Å². The van der Waals surface area contributed by atoms with E-state index in [4.69, 9.17) is 9.05 Å². The molecule has 0 saturated carbocycles. The van der Waals surface area contributed by atoms with E-state index in [-0.39, 0.29) is 19.1 Å². The van der Waals surface area contributed by atoms with E-state index >= 15 is 0 Å². The third-order valence-electron chi connectivity index (χ3n) is 17.5. The van der Waals surface area contributed by atoms with Gasteiger partial charge in [-0.25, -0.2) is 4.57 Å². The molecule has 0 aliphatic carbocycles. The summed E-state index contributed by atoms with van der Waals surface area (Å²) in [5.41, 5.74) is 0. The lowest BCUT2D eigenvalue weighted by Crippen LogP contribution is -2.46. The number of nitrogens with one attached hydrogen (secondary N) is 1. The molecule has 0 spiro atoms. The summed E-state index contributed by atoms with van der Waals surface area (Å²) in [5, 5.41) is 14.2. The minimum atomic E-state index is -4.33. The zero-order valence-electron chi connectivity index (χ0n) is 59.2. The van der Waals surface area contributed by atoms with E-state index in [1.165, 1.54) is 270 Å². The van der Waals surface area contributed by atoms with E-state index in [1.54, 1.807) is 0 Å². The predicted molar refractivity (Wildman–Crippen MR) is 387 cm³/mol. The van der Waals surface area contributed by atoms with Crippen LogP contribution in [0.5, 0.6) is 0 Å². The Hall–Kier alpha value is -2.06. The first-order chi connectivity index (χ1) is 43.0. The molecule has 0 aromatic rings. The van der Waals surface area contributed by atoms with Crippen LogP contribution < -0.4 is 5.32 Å². The van der Waals surface area contributed by atoms with Crippen molar-refractivity contribution in [3.8, 4) is 0 Å². The average Bonchev–Trinajstić information content (AvgIpc) is 3.70. The second-order valence-electron chi connectivity index (χ2n) is 27.4. The van der Waals surface area contributed by atoms with Crippen LogP contribution in [0.15, 0.2) is 72.9 Å². The number of aliphatic hydroxyl groups excluding tert-OH is 1. The average molecular weight is 1260 g/mol. The highest BCUT2D eigenvalue weighted by Gasteiger charge is 2.28. The first-order valence-corrected chi connectivity index (χ1v) is 39.8. The number of phosphoric ester groups is 1. The summed E-state index contributed by atoms with van der Waals surface area (Å²) in [6.07, 6.45) is 97.4. The molecule has 88 heavy (non-hydrogen) atoms. The molecule has 516 valence electrons. The third-order valence-corrected chi connectivity index (χ3v) is 18.5. The van der Waals surface area contributed by atoms with E-state index in [1.807, 2.05) is 21.1 Å². The Morgan fingerprint density at radius 2 is 0.682 bits per heavy atom. The Morgan fingerprint density at radius 1 is 0.398 bits per heavy atom. The summed E-state index contributed by atoms with van der Waals surface area (Å²) in [7, 11) is 1.63. The summed E-state index contributed by atoms with van der Waals surface area (Å²) >= 11 is 0. The highest BCUT2D eigenvalue weighted by molar-refractivity contribution is 7.47. The second kappa shape index (κ2) is 69.3. The largest absolute Gasteiger partial charge is 0.472 e. The van der Waals surface area contributed by atoms with E-state index in [2.05, 4.69) is 92.1 Å². The Kier molecular flexibility index (Phi) is 67.7. The molecule has 3 unspecified atom stereocenters. The number of phosphoric acid groups is 1. The van der Waals surface area contributed by atoms with Crippen molar-refractivity contribution < 1.29 is 32.9 Å². The molecule has 0 bridgehead atoms. The van der Waals surface area contributed by atoms with Crippen LogP contribution in [-0.4, -0.2) is 73.4 Å². The maximum atomic E-state index is 13.1. The molecule has 0 aliphatic rings. The lowest BCUT2D eigenvalue weighted by Gasteiger charge is -2.26. The number of carbonyl (C=O) groups excluding carboxylic acids is 1. The topological polar surface area (TPSA) is 105 Å². The standard InChI is InChI=1S/C79H149N2O6P/c1-6-8-10-12-14-16-18-20-22-24-26-28-30-32-34-36-37-38-39-40-41-42-43-45-47-49-51-53-55-57-59-61-63-65-67-69-71-73-79(83)80-77(76-87-88(84,85)86-75-74-81(3,4)5)78(82)72-70-68-66-64-62-60-58-56-54-52-50-48-46-44-35-33-31-29-27-25-23-21-19-17-15-13-11-9-7-2/h8,10,14,16,20,22,26,28,32,34,37-38,77-78,82H,6-7,9,11-13,15,17-19,21,23-25,27,29-31,33,35-36,39-76H2,1-5H3,(H-,80,83,84,85)/p+1/b10-8-,16-14-,22-20-,28-26-,34-32-,38-37-. The van der Waals surface area contributed by atoms with Crippen molar-refractivity contribution in [2.24, 2.45) is 0 Å². The number of likely N-dealkylation sites (N-methyl/N-ethyl adjacent to an activating group) is 1. The molecule has 0 heterocycles. The minimum Gasteiger partial charge on any atom is -0.391 e. The van der Waals surface area contributed by atoms with E-state index in [0.717, 1.165) is 77.0 Å². The fourth-order valence-electron chi connectivity index (χ4n) is 11.6. The van der Waals surface area contributed by atoms with Gasteiger partial charge in [-0.3, -0.25) is 13.8 Å². The molecule has 9 heteroatoms. The number of nitrogens with zero attached hydrogens (tertiary/aromatic N) is 1. The first kappa shape index (κ1) is 85.9. The van der Waals surface area contributed by atoms with Crippen molar-refractivity contribution in [3.63, 3.8) is 0 Å². The molecule has 0 aliphatic heterocycles. The number of rotatable bonds is 71. The molecule has 8 nitrogen and oxygen atoms in total. The number of unbranched alkanes of at least 4 members (excludes halogenated alkanes) is 46. The molecule has 3 atom stereocenters. The van der Waals surface area contributed by atoms with Crippen molar-refractivity contribution in [2.45, 2.75) is 386 Å². The van der Waals surface area contributed by atoms with Gasteiger partial charge >= 0.3 is 7.82 Å². The van der Waals surface area contributed by atoms with E-state index in [9.17, 15) is 19.4 Å². The summed E-state index contributed by atoms with van der Waals surface area (Å²) in [6, 6.07) is -0.764. The van der Waals surface area contributed by atoms with Gasteiger partial charge < -0.3 is 19.8 Å². The fourth-order valence-corrected chi connectivity index (χ4v) is 12.3. The zero-order valence-corrected chi connectivity index (χ0v) is 60.1. The maximum Gasteiger partial charge on any atom is 0.472 e. The molecule has 0 saturated heterocycles. The lowest BCUT2D eigenvalue weighted by molar-refractivity contribution is -0.870. The van der Waals surface area contributed by atoms with Crippen molar-refractivity contribution in [1.29, 1.82) is 0 Å². The van der Waals surface area contributed by atoms with Crippen LogP contribution in [0.2, 0.25) is 0 Å². The number of amides is 1. The number of hydrogen-bond acceptors (Lipinski definition) is 5. The van der Waals surface area contributed by atoms with Gasteiger partial charge in [-0.1, -0.05) is 376 Å². The number of aliphatic hydroxyl groups is 1. The van der Waals surface area contributed by atoms with Crippen molar-refractivity contribution in [3.05, 3.63) is 72.9 Å². The van der Waals surface area contributed by atoms with Crippen LogP contribution >= 0.6 is 7.82 Å². The molecule has 0 aromatic carbocycles. The number of carbonyl (C=O) groups is 1. The van der Waals surface area contributed by atoms with E-state index < -0.39 is 20.0 Å². The Balaban J connectivity index is 3.97. The SMILES string of the molecule is CC/C=C\C/C=C\C/C=C\C/C=C\C/C=C\C/C=C\CCCCCCCCCCCCCCCCCCCCC(=O)NC(COP(=O)(O)OCC[N+](C)(C)C)C(O)CCCCCCCCCCCCCCCCCCCCCCCCCCCCCCC. The predicted octanol–water partition coefficient (Wildman–Crippen LogP) is 24.9. The number of quaternary nitrogens is 1. The third kappa shape index (κ3) is 71.4. The highest BCUT2D eigenvalue weighted by atomic mass is 31.2. The Labute approximate surface area is 548 Å². The molecular weight excluding hydrogens is 1100 g/mol. The number of hydrogen-bond donors (Lipinski definition) is 3. The van der Waals surface area contributed by atoms with Crippen LogP contribution in [-0.2, 0) is 18.4 Å². The molecule has 0 fully saturated rings. The monoisotopic (exact) mass is 1250 g/mol. The lowest BCUT2D eigenvalue weighted by atomic mass is 10.0. The summed E-state index contributed by atoms with van der Waals surface area (Å²) in [6.45, 7) is 4.83. The normalized spacial score (nSPS) is 13.9. The Morgan fingerprint density at radius 3 is 1.00 bits per heavy atom. The van der Waals surface area contributed by atoms with Crippen LogP contribution in [0.25, 0.3) is 0 Å². The summed E-state index contributed by atoms with van der Waals surface area (Å²) in [4.78, 5) is 23.5. The molecule has 3 N–H and O–H groups in total. The fraction of sp³-hybridized carbons (Fsp3) is 0.835. The second-order valence-corrected chi connectivity index (χ2v) is 28.8. The van der Waals surface area contributed by atoms with Crippen LogP contribution in [0.4, 0.5) is 0 Å². The molecule has 0 rings (SSSR count). The van der Waals surface area contributed by atoms with Gasteiger partial charge in [0.25, 0.3) is 0 Å². The number of allylic oxidation sites excluding steroid dienone is 12. The van der Waals surface area contributed by atoms with Crippen molar-refractivity contribution in [2.75, 3.05) is 40.9 Å². The molecule has 0 radical (unpaired) electrons. The van der Waals surface area contributed by atoms with Gasteiger partial charge in [-0.05, 0) is 64.2 Å². The summed E-state index contributed by atoms with van der Waals surface area (Å²) < 4.78 is 23.9. The van der Waals surface area contributed by atoms with Gasteiger partial charge in [-0.15, -0.1) is 0 Å².